The Balaban J connectivity index is 1.59. The van der Waals surface area contributed by atoms with Gasteiger partial charge in [0.1, 0.15) is 11.6 Å². The first-order chi connectivity index (χ1) is 13.6. The fraction of sp³-hybridized carbons (Fsp3) is 0.391. The van der Waals surface area contributed by atoms with Crippen LogP contribution in [0.15, 0.2) is 42.5 Å². The second-order valence-corrected chi connectivity index (χ2v) is 7.12. The molecule has 0 aliphatic carbocycles. The van der Waals surface area contributed by atoms with Crippen LogP contribution in [0, 0.1) is 13.8 Å². The molecule has 148 valence electrons. The second kappa shape index (κ2) is 9.40. The largest absolute Gasteiger partial charge is 0.493 e. The van der Waals surface area contributed by atoms with E-state index in [0.717, 1.165) is 42.0 Å². The van der Waals surface area contributed by atoms with Crippen molar-refractivity contribution in [3.05, 3.63) is 59.4 Å². The summed E-state index contributed by atoms with van der Waals surface area (Å²) in [5.41, 5.74) is 4.50. The van der Waals surface area contributed by atoms with Gasteiger partial charge in [-0.2, -0.15) is 0 Å². The van der Waals surface area contributed by atoms with Gasteiger partial charge < -0.3 is 14.6 Å². The number of carbonyl (C=O) groups is 1. The number of fused-ring (bicyclic) bond motifs is 1. The van der Waals surface area contributed by atoms with Gasteiger partial charge in [0.25, 0.3) is 0 Å². The van der Waals surface area contributed by atoms with E-state index in [1.165, 1.54) is 11.1 Å². The van der Waals surface area contributed by atoms with Crippen LogP contribution < -0.4 is 10.1 Å². The Morgan fingerprint density at radius 3 is 2.75 bits per heavy atom. The standard InChI is InChI=1S/C23H29N3O2/c1-4-23(27)24-16-22-25-19-9-5-6-10-20(19)26(22)13-7-8-14-28-21-12-11-17(2)15-18(21)3/h5-6,9-12,15H,4,7-8,13-14,16H2,1-3H3,(H,24,27). The van der Waals surface area contributed by atoms with E-state index < -0.39 is 0 Å². The predicted molar refractivity (Wildman–Crippen MR) is 113 cm³/mol. The van der Waals surface area contributed by atoms with Crippen molar-refractivity contribution >= 4 is 16.9 Å². The molecule has 1 aromatic heterocycles. The number of rotatable bonds is 9. The molecule has 0 radical (unpaired) electrons. The molecule has 0 bridgehead atoms. The number of imidazole rings is 1. The van der Waals surface area contributed by atoms with Crippen molar-refractivity contribution in [1.82, 2.24) is 14.9 Å². The minimum Gasteiger partial charge on any atom is -0.493 e. The molecule has 3 rings (SSSR count). The number of ether oxygens (including phenoxy) is 1. The van der Waals surface area contributed by atoms with Gasteiger partial charge in [0.15, 0.2) is 0 Å². The summed E-state index contributed by atoms with van der Waals surface area (Å²) in [5.74, 6) is 1.90. The molecule has 0 fully saturated rings. The number of nitrogens with one attached hydrogen (secondary N) is 1. The maximum Gasteiger partial charge on any atom is 0.220 e. The van der Waals surface area contributed by atoms with Crippen LogP contribution in [0.3, 0.4) is 0 Å². The Morgan fingerprint density at radius 1 is 1.14 bits per heavy atom. The van der Waals surface area contributed by atoms with Crippen LogP contribution in [0.2, 0.25) is 0 Å². The summed E-state index contributed by atoms with van der Waals surface area (Å²) in [6.45, 7) is 8.03. The molecule has 1 N–H and O–H groups in total. The fourth-order valence-electron chi connectivity index (χ4n) is 3.33. The maximum atomic E-state index is 11.6. The van der Waals surface area contributed by atoms with Crippen molar-refractivity contribution in [3.8, 4) is 5.75 Å². The summed E-state index contributed by atoms with van der Waals surface area (Å²) in [4.78, 5) is 16.3. The molecule has 2 aromatic carbocycles. The van der Waals surface area contributed by atoms with Gasteiger partial charge in [-0.15, -0.1) is 0 Å². The molecule has 5 nitrogen and oxygen atoms in total. The highest BCUT2D eigenvalue weighted by Gasteiger charge is 2.11. The lowest BCUT2D eigenvalue weighted by Gasteiger charge is -2.12. The first-order valence-corrected chi connectivity index (χ1v) is 9.99. The number of aryl methyl sites for hydroxylation is 3. The van der Waals surface area contributed by atoms with E-state index >= 15 is 0 Å². The molecule has 3 aromatic rings. The quantitative estimate of drug-likeness (QED) is 0.555. The van der Waals surface area contributed by atoms with Gasteiger partial charge in [-0.05, 0) is 50.5 Å². The summed E-state index contributed by atoms with van der Waals surface area (Å²) in [7, 11) is 0. The Hall–Kier alpha value is -2.82. The number of carbonyl (C=O) groups excluding carboxylic acids is 1. The molecule has 0 aliphatic rings. The first-order valence-electron chi connectivity index (χ1n) is 9.99. The zero-order valence-electron chi connectivity index (χ0n) is 17.0. The summed E-state index contributed by atoms with van der Waals surface area (Å²) in [6, 6.07) is 14.4. The molecule has 0 spiro atoms. The molecular weight excluding hydrogens is 350 g/mol. The van der Waals surface area contributed by atoms with Crippen LogP contribution >= 0.6 is 0 Å². The van der Waals surface area contributed by atoms with Crippen molar-refractivity contribution < 1.29 is 9.53 Å². The Labute approximate surface area is 166 Å². The summed E-state index contributed by atoms with van der Waals surface area (Å²) in [5, 5.41) is 2.94. The number of nitrogens with zero attached hydrogens (tertiary/aromatic N) is 2. The smallest absolute Gasteiger partial charge is 0.220 e. The van der Waals surface area contributed by atoms with Crippen LogP contribution in [0.25, 0.3) is 11.0 Å². The normalized spacial score (nSPS) is 11.0. The average Bonchev–Trinajstić information content (AvgIpc) is 3.05. The molecule has 0 atom stereocenters. The van der Waals surface area contributed by atoms with Gasteiger partial charge in [0.2, 0.25) is 5.91 Å². The van der Waals surface area contributed by atoms with Gasteiger partial charge in [-0.3, -0.25) is 4.79 Å². The van der Waals surface area contributed by atoms with Gasteiger partial charge in [-0.25, -0.2) is 4.98 Å². The number of amides is 1. The van der Waals surface area contributed by atoms with Crippen molar-refractivity contribution in [3.63, 3.8) is 0 Å². The fourth-order valence-corrected chi connectivity index (χ4v) is 3.33. The molecule has 0 aliphatic heterocycles. The van der Waals surface area contributed by atoms with Gasteiger partial charge in [-0.1, -0.05) is 36.8 Å². The summed E-state index contributed by atoms with van der Waals surface area (Å²) < 4.78 is 8.15. The highest BCUT2D eigenvalue weighted by Crippen LogP contribution is 2.20. The van der Waals surface area contributed by atoms with Gasteiger partial charge in [0, 0.05) is 13.0 Å². The maximum absolute atomic E-state index is 11.6. The van der Waals surface area contributed by atoms with Crippen LogP contribution in [0.1, 0.15) is 43.1 Å². The van der Waals surface area contributed by atoms with E-state index in [4.69, 9.17) is 9.72 Å². The van der Waals surface area contributed by atoms with E-state index in [1.54, 1.807) is 0 Å². The van der Waals surface area contributed by atoms with Crippen molar-refractivity contribution in [2.75, 3.05) is 6.61 Å². The average molecular weight is 380 g/mol. The molecular formula is C23H29N3O2. The summed E-state index contributed by atoms with van der Waals surface area (Å²) in [6.07, 6.45) is 2.43. The monoisotopic (exact) mass is 379 g/mol. The molecule has 1 heterocycles. The molecule has 0 unspecified atom stereocenters. The zero-order valence-corrected chi connectivity index (χ0v) is 17.0. The van der Waals surface area contributed by atoms with E-state index in [9.17, 15) is 4.79 Å². The number of aromatic nitrogens is 2. The molecule has 28 heavy (non-hydrogen) atoms. The van der Waals surface area contributed by atoms with Crippen LogP contribution in [0.5, 0.6) is 5.75 Å². The third-order valence-corrected chi connectivity index (χ3v) is 4.86. The van der Waals surface area contributed by atoms with E-state index in [0.29, 0.717) is 19.6 Å². The first kappa shape index (κ1) is 19.9. The van der Waals surface area contributed by atoms with E-state index in [-0.39, 0.29) is 5.91 Å². The minimum absolute atomic E-state index is 0.0421. The predicted octanol–water partition coefficient (Wildman–Crippen LogP) is 4.54. The third kappa shape index (κ3) is 4.91. The zero-order chi connectivity index (χ0) is 19.9. The van der Waals surface area contributed by atoms with Crippen molar-refractivity contribution in [2.24, 2.45) is 0 Å². The number of hydrogen-bond donors (Lipinski definition) is 1. The molecule has 0 saturated heterocycles. The number of hydrogen-bond acceptors (Lipinski definition) is 3. The van der Waals surface area contributed by atoms with Gasteiger partial charge in [0.05, 0.1) is 24.2 Å². The highest BCUT2D eigenvalue weighted by atomic mass is 16.5. The Kier molecular flexibility index (Phi) is 6.69. The molecule has 0 saturated carbocycles. The topological polar surface area (TPSA) is 56.2 Å². The lowest BCUT2D eigenvalue weighted by Crippen LogP contribution is -2.23. The number of para-hydroxylation sites is 2. The van der Waals surface area contributed by atoms with Crippen LogP contribution in [-0.4, -0.2) is 22.1 Å². The lowest BCUT2D eigenvalue weighted by molar-refractivity contribution is -0.120. The molecule has 1 amide bonds. The SMILES string of the molecule is CCC(=O)NCc1nc2ccccc2n1CCCCOc1ccc(C)cc1C. The Morgan fingerprint density at radius 2 is 1.96 bits per heavy atom. The van der Waals surface area contributed by atoms with E-state index in [2.05, 4.69) is 41.9 Å². The minimum atomic E-state index is 0.0421. The lowest BCUT2D eigenvalue weighted by atomic mass is 10.1. The number of unbranched alkanes of at least 4 members (excludes halogenated alkanes) is 1. The van der Waals surface area contributed by atoms with Gasteiger partial charge >= 0.3 is 0 Å². The van der Waals surface area contributed by atoms with E-state index in [1.807, 2.05) is 31.2 Å². The number of benzene rings is 2. The Bertz CT molecular complexity index is 946. The third-order valence-electron chi connectivity index (χ3n) is 4.86. The second-order valence-electron chi connectivity index (χ2n) is 7.12. The highest BCUT2D eigenvalue weighted by molar-refractivity contribution is 5.77. The summed E-state index contributed by atoms with van der Waals surface area (Å²) >= 11 is 0. The van der Waals surface area contributed by atoms with Crippen molar-refractivity contribution in [2.45, 2.75) is 53.1 Å². The van der Waals surface area contributed by atoms with Crippen molar-refractivity contribution in [1.29, 1.82) is 0 Å². The molecule has 5 heteroatoms. The van der Waals surface area contributed by atoms with Crippen LogP contribution in [0.4, 0.5) is 0 Å². The van der Waals surface area contributed by atoms with Crippen LogP contribution in [-0.2, 0) is 17.9 Å².